The molecule has 4 nitrogen and oxygen atoms in total. The highest BCUT2D eigenvalue weighted by Crippen LogP contribution is 2.35. The second kappa shape index (κ2) is 9.12. The van der Waals surface area contributed by atoms with Crippen LogP contribution in [0.4, 0.5) is 0 Å². The van der Waals surface area contributed by atoms with Gasteiger partial charge in [0.2, 0.25) is 0 Å². The van der Waals surface area contributed by atoms with Crippen LogP contribution in [0.15, 0.2) is 80.5 Å². The molecule has 0 fully saturated rings. The lowest BCUT2D eigenvalue weighted by molar-refractivity contribution is 0.444. The molecule has 1 atom stereocenters. The lowest BCUT2D eigenvalue weighted by Crippen LogP contribution is -2.29. The largest absolute Gasteiger partial charge is 0.282 e. The average molecular weight is 583 g/mol. The van der Waals surface area contributed by atoms with Crippen molar-refractivity contribution in [1.82, 2.24) is 14.5 Å². The highest BCUT2D eigenvalue weighted by molar-refractivity contribution is 9.11. The fourth-order valence-corrected chi connectivity index (χ4v) is 6.49. The van der Waals surface area contributed by atoms with Crippen molar-refractivity contribution in [1.29, 1.82) is 0 Å². The second-order valence-electron chi connectivity index (χ2n) is 8.43. The minimum absolute atomic E-state index is 0.0641. The minimum Gasteiger partial charge on any atom is -0.282 e. The van der Waals surface area contributed by atoms with Crippen LogP contribution in [0.2, 0.25) is 0 Å². The summed E-state index contributed by atoms with van der Waals surface area (Å²) in [5.41, 5.74) is 2.46. The first-order chi connectivity index (χ1) is 15.9. The number of thiazole rings is 1. The van der Waals surface area contributed by atoms with Crippen LogP contribution in [0.1, 0.15) is 31.3 Å². The summed E-state index contributed by atoms with van der Waals surface area (Å²) in [6, 6.07) is 21.6. The minimum atomic E-state index is -0.222. The normalized spacial score (nSPS) is 12.6. The van der Waals surface area contributed by atoms with Crippen molar-refractivity contribution in [3.8, 4) is 11.4 Å². The molecule has 7 heteroatoms. The molecule has 0 radical (unpaired) electrons. The van der Waals surface area contributed by atoms with E-state index in [1.54, 1.807) is 11.3 Å². The Hall–Kier alpha value is -2.35. The van der Waals surface area contributed by atoms with E-state index in [0.717, 1.165) is 36.2 Å². The molecule has 0 saturated heterocycles. The van der Waals surface area contributed by atoms with E-state index in [2.05, 4.69) is 51.8 Å². The number of benzene rings is 3. The fraction of sp³-hybridized carbons (Fsp3) is 0.192. The van der Waals surface area contributed by atoms with E-state index in [-0.39, 0.29) is 11.6 Å². The van der Waals surface area contributed by atoms with Gasteiger partial charge in [-0.05, 0) is 52.5 Å². The number of rotatable bonds is 5. The zero-order valence-electron chi connectivity index (χ0n) is 18.1. The van der Waals surface area contributed by atoms with Gasteiger partial charge in [0.05, 0.1) is 27.2 Å². The molecule has 5 aromatic rings. The van der Waals surface area contributed by atoms with Crippen LogP contribution in [-0.2, 0) is 0 Å². The van der Waals surface area contributed by atoms with E-state index in [4.69, 9.17) is 9.97 Å². The summed E-state index contributed by atoms with van der Waals surface area (Å²) < 4.78 is 4.59. The summed E-state index contributed by atoms with van der Waals surface area (Å²) in [6.07, 6.45) is 0.780. The monoisotopic (exact) mass is 581 g/mol. The molecule has 0 aliphatic heterocycles. The van der Waals surface area contributed by atoms with Crippen molar-refractivity contribution in [2.45, 2.75) is 26.3 Å². The number of halogens is 2. The van der Waals surface area contributed by atoms with Gasteiger partial charge >= 0.3 is 0 Å². The van der Waals surface area contributed by atoms with Crippen molar-refractivity contribution < 1.29 is 0 Å². The Bertz CT molecular complexity index is 1490. The summed E-state index contributed by atoms with van der Waals surface area (Å²) in [4.78, 5) is 24.1. The maximum atomic E-state index is 14.1. The van der Waals surface area contributed by atoms with E-state index < -0.39 is 0 Å². The molecule has 1 unspecified atom stereocenters. The summed E-state index contributed by atoms with van der Waals surface area (Å²) in [5.74, 6) is 1.02. The standard InChI is InChI=1S/C26H21Br2N3OS/c1-15(2)12-21(25-29-20-10-6-7-11-22(20)33-25)31-24(16-8-4-3-5-9-16)30-23-18(26(31)32)13-17(27)14-19(23)28/h3-11,13-15,21H,12H2,1-2H3. The van der Waals surface area contributed by atoms with E-state index in [1.165, 1.54) is 0 Å². The number of nitrogens with zero attached hydrogens (tertiary/aromatic N) is 3. The molecule has 0 N–H and O–H groups in total. The molecule has 0 saturated carbocycles. The van der Waals surface area contributed by atoms with Gasteiger partial charge in [-0.25, -0.2) is 9.97 Å². The Morgan fingerprint density at radius 2 is 1.70 bits per heavy atom. The fourth-order valence-electron chi connectivity index (χ4n) is 4.10. The van der Waals surface area contributed by atoms with Gasteiger partial charge in [0.1, 0.15) is 10.8 Å². The number of para-hydroxylation sites is 1. The van der Waals surface area contributed by atoms with Crippen molar-refractivity contribution in [2.75, 3.05) is 0 Å². The number of fused-ring (bicyclic) bond motifs is 2. The van der Waals surface area contributed by atoms with Crippen LogP contribution in [0.3, 0.4) is 0 Å². The van der Waals surface area contributed by atoms with Crippen LogP contribution < -0.4 is 5.56 Å². The van der Waals surface area contributed by atoms with Crippen molar-refractivity contribution in [3.05, 3.63) is 91.0 Å². The summed E-state index contributed by atoms with van der Waals surface area (Å²) in [5, 5.41) is 1.50. The summed E-state index contributed by atoms with van der Waals surface area (Å²) in [6.45, 7) is 4.35. The molecule has 0 aliphatic rings. The SMILES string of the molecule is CC(C)CC(c1nc2ccccc2s1)n1c(-c2ccccc2)nc2c(Br)cc(Br)cc2c1=O. The van der Waals surface area contributed by atoms with Crippen molar-refractivity contribution in [2.24, 2.45) is 5.92 Å². The van der Waals surface area contributed by atoms with E-state index >= 15 is 0 Å². The third-order valence-corrected chi connectivity index (χ3v) is 7.76. The molecule has 0 bridgehead atoms. The molecule has 2 aromatic heterocycles. The van der Waals surface area contributed by atoms with Crippen LogP contribution in [0, 0.1) is 5.92 Å². The Labute approximate surface area is 212 Å². The quantitative estimate of drug-likeness (QED) is 0.212. The summed E-state index contributed by atoms with van der Waals surface area (Å²) >= 11 is 8.79. The zero-order chi connectivity index (χ0) is 23.1. The zero-order valence-corrected chi connectivity index (χ0v) is 22.1. The van der Waals surface area contributed by atoms with Crippen LogP contribution in [0.5, 0.6) is 0 Å². The van der Waals surface area contributed by atoms with E-state index in [1.807, 2.05) is 65.2 Å². The van der Waals surface area contributed by atoms with Gasteiger partial charge in [-0.2, -0.15) is 0 Å². The van der Waals surface area contributed by atoms with E-state index in [9.17, 15) is 4.79 Å². The Kier molecular flexibility index (Phi) is 6.20. The van der Waals surface area contributed by atoms with Gasteiger partial charge in [-0.3, -0.25) is 9.36 Å². The van der Waals surface area contributed by atoms with Gasteiger partial charge in [0.25, 0.3) is 5.56 Å². The van der Waals surface area contributed by atoms with Gasteiger partial charge in [0.15, 0.2) is 0 Å². The Morgan fingerprint density at radius 3 is 2.42 bits per heavy atom. The smallest absolute Gasteiger partial charge is 0.262 e. The average Bonchev–Trinajstić information content (AvgIpc) is 3.23. The first-order valence-corrected chi connectivity index (χ1v) is 13.1. The molecule has 5 rings (SSSR count). The molecule has 0 aliphatic carbocycles. The number of hydrogen-bond donors (Lipinski definition) is 0. The molecule has 0 amide bonds. The van der Waals surface area contributed by atoms with Crippen LogP contribution in [0.25, 0.3) is 32.5 Å². The predicted octanol–water partition coefficient (Wildman–Crippen LogP) is 7.83. The molecule has 166 valence electrons. The number of aromatic nitrogens is 3. The van der Waals surface area contributed by atoms with Gasteiger partial charge in [-0.15, -0.1) is 11.3 Å². The molecular weight excluding hydrogens is 562 g/mol. The van der Waals surface area contributed by atoms with Gasteiger partial charge in [-0.1, -0.05) is 72.2 Å². The lowest BCUT2D eigenvalue weighted by Gasteiger charge is -2.23. The molecule has 3 aromatic carbocycles. The lowest BCUT2D eigenvalue weighted by atomic mass is 10.0. The highest BCUT2D eigenvalue weighted by Gasteiger charge is 2.26. The third-order valence-electron chi connectivity index (χ3n) is 5.56. The second-order valence-corrected chi connectivity index (χ2v) is 11.3. The highest BCUT2D eigenvalue weighted by atomic mass is 79.9. The van der Waals surface area contributed by atoms with Crippen molar-refractivity contribution in [3.63, 3.8) is 0 Å². The Balaban J connectivity index is 1.86. The topological polar surface area (TPSA) is 47.8 Å². The van der Waals surface area contributed by atoms with Crippen LogP contribution in [-0.4, -0.2) is 14.5 Å². The third kappa shape index (κ3) is 4.29. The van der Waals surface area contributed by atoms with Gasteiger partial charge < -0.3 is 0 Å². The van der Waals surface area contributed by atoms with Gasteiger partial charge in [0, 0.05) is 14.5 Å². The number of hydrogen-bond acceptors (Lipinski definition) is 4. The molecule has 33 heavy (non-hydrogen) atoms. The Morgan fingerprint density at radius 1 is 0.970 bits per heavy atom. The first-order valence-electron chi connectivity index (χ1n) is 10.7. The predicted molar refractivity (Wildman–Crippen MR) is 144 cm³/mol. The molecule has 0 spiro atoms. The van der Waals surface area contributed by atoms with Crippen LogP contribution >= 0.6 is 43.2 Å². The molecule has 2 heterocycles. The molecular formula is C26H21Br2N3OS. The van der Waals surface area contributed by atoms with E-state index in [0.29, 0.717) is 22.6 Å². The van der Waals surface area contributed by atoms with Crippen molar-refractivity contribution >= 4 is 64.3 Å². The maximum absolute atomic E-state index is 14.1. The maximum Gasteiger partial charge on any atom is 0.262 e. The summed E-state index contributed by atoms with van der Waals surface area (Å²) in [7, 11) is 0. The first kappa shape index (κ1) is 22.4.